The molecule has 1 aromatic heterocycles. The number of hydrogen-bond donors (Lipinski definition) is 1. The van der Waals surface area contributed by atoms with Crippen LogP contribution in [0.25, 0.3) is 5.69 Å². The standard InChI is InChI=1S/C31H33F3N4O3S2.ClH/c1-38(2,3)13-12-35-30(39)20-14-26(33)25(27(34)15-20)19-43-31-36-17-23(37(31)22-8-6-21(32)7-9-22)18-42-24-10-11-28(40-4)29(16-24)41-5;/h6-11,14-17H,12-13,18-19H2,1-5H3;1H. The third kappa shape index (κ3) is 9.10. The molecule has 0 fully saturated rings. The van der Waals surface area contributed by atoms with Gasteiger partial charge in [-0.3, -0.25) is 9.36 Å². The molecule has 0 spiro atoms. The number of carbonyl (C=O) groups is 1. The van der Waals surface area contributed by atoms with E-state index < -0.39 is 17.5 Å². The SMILES string of the molecule is COc1ccc(SCc2cnc(SCc3c(F)cc(C(=O)NCC[N+](C)(C)C)cc3F)n2-c2ccc(F)cc2)cc1OC.[Cl-]. The van der Waals surface area contributed by atoms with E-state index in [1.807, 2.05) is 43.9 Å². The molecule has 0 unspecified atom stereocenters. The molecule has 236 valence electrons. The molecule has 4 rings (SSSR count). The topological polar surface area (TPSA) is 65.4 Å². The number of thioether (sulfide) groups is 2. The molecule has 0 saturated carbocycles. The lowest BCUT2D eigenvalue weighted by atomic mass is 10.1. The van der Waals surface area contributed by atoms with Crippen LogP contribution in [0.15, 0.2) is 70.8 Å². The Morgan fingerprint density at radius 1 is 0.909 bits per heavy atom. The largest absolute Gasteiger partial charge is 1.00 e. The Morgan fingerprint density at radius 2 is 1.57 bits per heavy atom. The number of carbonyl (C=O) groups excluding carboxylic acids is 1. The number of rotatable bonds is 13. The lowest BCUT2D eigenvalue weighted by Crippen LogP contribution is -3.00. The van der Waals surface area contributed by atoms with Crippen LogP contribution in [-0.2, 0) is 11.5 Å². The van der Waals surface area contributed by atoms with E-state index in [1.165, 1.54) is 23.9 Å². The predicted octanol–water partition coefficient (Wildman–Crippen LogP) is 3.33. The molecule has 0 saturated heterocycles. The van der Waals surface area contributed by atoms with Gasteiger partial charge in [0.1, 0.15) is 17.5 Å². The van der Waals surface area contributed by atoms with Crippen LogP contribution >= 0.6 is 23.5 Å². The molecule has 1 N–H and O–H groups in total. The van der Waals surface area contributed by atoms with E-state index in [4.69, 9.17) is 9.47 Å². The van der Waals surface area contributed by atoms with Gasteiger partial charge in [0.25, 0.3) is 5.91 Å². The van der Waals surface area contributed by atoms with Crippen molar-refractivity contribution >= 4 is 29.4 Å². The number of hydrogen-bond acceptors (Lipinski definition) is 6. The van der Waals surface area contributed by atoms with Crippen LogP contribution in [0.2, 0.25) is 0 Å². The first kappa shape index (κ1) is 35.2. The molecular formula is C31H34ClF3N4O3S2. The Kier molecular flexibility index (Phi) is 12.5. The highest BCUT2D eigenvalue weighted by Crippen LogP contribution is 2.35. The van der Waals surface area contributed by atoms with Crippen molar-refractivity contribution in [3.05, 3.63) is 95.1 Å². The molecule has 0 aliphatic rings. The predicted molar refractivity (Wildman–Crippen MR) is 164 cm³/mol. The Balaban J connectivity index is 0.00000529. The zero-order valence-electron chi connectivity index (χ0n) is 25.0. The minimum atomic E-state index is -0.812. The number of imidazole rings is 1. The maximum Gasteiger partial charge on any atom is 0.251 e. The van der Waals surface area contributed by atoms with Gasteiger partial charge in [0.15, 0.2) is 16.7 Å². The maximum atomic E-state index is 15.1. The number of quaternary nitrogens is 1. The number of nitrogens with zero attached hydrogens (tertiary/aromatic N) is 3. The molecule has 3 aromatic carbocycles. The molecule has 1 amide bonds. The second-order valence-corrected chi connectivity index (χ2v) is 12.6. The second-order valence-electron chi connectivity index (χ2n) is 10.6. The van der Waals surface area contributed by atoms with E-state index in [0.29, 0.717) is 45.7 Å². The Bertz CT molecular complexity index is 1560. The normalized spacial score (nSPS) is 11.2. The van der Waals surface area contributed by atoms with E-state index in [-0.39, 0.29) is 35.1 Å². The molecule has 0 aliphatic heterocycles. The zero-order chi connectivity index (χ0) is 31.1. The first-order valence-electron chi connectivity index (χ1n) is 13.4. The number of amides is 1. The van der Waals surface area contributed by atoms with Gasteiger partial charge in [-0.05, 0) is 54.6 Å². The fourth-order valence-corrected chi connectivity index (χ4v) is 6.02. The van der Waals surface area contributed by atoms with E-state index in [1.54, 1.807) is 32.5 Å². The molecule has 1 heterocycles. The molecule has 0 bridgehead atoms. The van der Waals surface area contributed by atoms with Crippen molar-refractivity contribution in [1.29, 1.82) is 0 Å². The number of benzene rings is 3. The molecule has 7 nitrogen and oxygen atoms in total. The summed E-state index contributed by atoms with van der Waals surface area (Å²) in [6.45, 7) is 1.04. The summed E-state index contributed by atoms with van der Waals surface area (Å²) < 4.78 is 57.0. The van der Waals surface area contributed by atoms with Crippen molar-refractivity contribution in [3.63, 3.8) is 0 Å². The molecule has 0 aliphatic carbocycles. The van der Waals surface area contributed by atoms with E-state index in [9.17, 15) is 9.18 Å². The summed E-state index contributed by atoms with van der Waals surface area (Å²) >= 11 is 2.68. The molecular weight excluding hydrogens is 633 g/mol. The second kappa shape index (κ2) is 15.6. The third-order valence-corrected chi connectivity index (χ3v) is 8.45. The van der Waals surface area contributed by atoms with Crippen molar-refractivity contribution in [2.75, 3.05) is 48.5 Å². The van der Waals surface area contributed by atoms with Crippen LogP contribution in [0.1, 0.15) is 21.6 Å². The highest BCUT2D eigenvalue weighted by atomic mass is 35.5. The summed E-state index contributed by atoms with van der Waals surface area (Å²) in [5.74, 6) is -0.883. The number of methoxy groups -OCH3 is 2. The number of likely N-dealkylation sites (N-methyl/N-ethyl adjacent to an activating group) is 1. The van der Waals surface area contributed by atoms with Gasteiger partial charge in [-0.1, -0.05) is 11.8 Å². The van der Waals surface area contributed by atoms with E-state index >= 15 is 8.78 Å². The van der Waals surface area contributed by atoms with Gasteiger partial charge in [0, 0.05) is 33.2 Å². The van der Waals surface area contributed by atoms with E-state index in [2.05, 4.69) is 10.3 Å². The highest BCUT2D eigenvalue weighted by Gasteiger charge is 2.19. The first-order valence-corrected chi connectivity index (χ1v) is 15.3. The van der Waals surface area contributed by atoms with E-state index in [0.717, 1.165) is 34.5 Å². The summed E-state index contributed by atoms with van der Waals surface area (Å²) in [4.78, 5) is 17.9. The summed E-state index contributed by atoms with van der Waals surface area (Å²) in [6.07, 6.45) is 1.69. The number of nitrogens with one attached hydrogen (secondary N) is 1. The maximum absolute atomic E-state index is 15.1. The van der Waals surface area contributed by atoms with Crippen molar-refractivity contribution in [2.45, 2.75) is 21.6 Å². The smallest absolute Gasteiger partial charge is 0.251 e. The van der Waals surface area contributed by atoms with Crippen molar-refractivity contribution in [3.8, 4) is 17.2 Å². The Morgan fingerprint density at radius 3 is 2.18 bits per heavy atom. The van der Waals surface area contributed by atoms with Crippen LogP contribution in [0.3, 0.4) is 0 Å². The fraction of sp³-hybridized carbons (Fsp3) is 0.290. The van der Waals surface area contributed by atoms with Crippen molar-refractivity contribution in [2.24, 2.45) is 0 Å². The van der Waals surface area contributed by atoms with Crippen LogP contribution in [0.5, 0.6) is 11.5 Å². The van der Waals surface area contributed by atoms with Crippen LogP contribution in [-0.4, -0.2) is 68.4 Å². The Hall–Kier alpha value is -3.32. The average Bonchev–Trinajstić information content (AvgIpc) is 3.37. The monoisotopic (exact) mass is 666 g/mol. The molecule has 13 heteroatoms. The van der Waals surface area contributed by atoms with Gasteiger partial charge < -0.3 is 31.7 Å². The lowest BCUT2D eigenvalue weighted by Gasteiger charge is -2.23. The minimum absolute atomic E-state index is 0. The zero-order valence-corrected chi connectivity index (χ0v) is 27.4. The first-order chi connectivity index (χ1) is 20.5. The molecule has 0 radical (unpaired) electrons. The van der Waals surface area contributed by atoms with Gasteiger partial charge in [0.2, 0.25) is 0 Å². The van der Waals surface area contributed by atoms with Gasteiger partial charge in [-0.15, -0.1) is 11.8 Å². The molecule has 44 heavy (non-hydrogen) atoms. The average molecular weight is 667 g/mol. The van der Waals surface area contributed by atoms with Crippen LogP contribution in [0, 0.1) is 17.5 Å². The quantitative estimate of drug-likeness (QED) is 0.175. The van der Waals surface area contributed by atoms with Crippen LogP contribution in [0.4, 0.5) is 13.2 Å². The lowest BCUT2D eigenvalue weighted by molar-refractivity contribution is -0.869. The minimum Gasteiger partial charge on any atom is -1.00 e. The van der Waals surface area contributed by atoms with Gasteiger partial charge in [-0.25, -0.2) is 18.2 Å². The van der Waals surface area contributed by atoms with Gasteiger partial charge >= 0.3 is 0 Å². The van der Waals surface area contributed by atoms with Crippen molar-refractivity contribution in [1.82, 2.24) is 14.9 Å². The molecule has 0 atom stereocenters. The number of ether oxygens (including phenoxy) is 2. The van der Waals surface area contributed by atoms with Gasteiger partial charge in [0.05, 0.1) is 60.3 Å². The Labute approximate surface area is 270 Å². The third-order valence-electron chi connectivity index (χ3n) is 6.45. The van der Waals surface area contributed by atoms with Gasteiger partial charge in [-0.2, -0.15) is 0 Å². The van der Waals surface area contributed by atoms with Crippen LogP contribution < -0.4 is 27.2 Å². The molecule has 4 aromatic rings. The van der Waals surface area contributed by atoms with Crippen molar-refractivity contribution < 1.29 is 44.3 Å². The fourth-order valence-electron chi connectivity index (χ4n) is 4.12. The summed E-state index contributed by atoms with van der Waals surface area (Å²) in [6, 6.07) is 13.7. The highest BCUT2D eigenvalue weighted by molar-refractivity contribution is 7.98. The summed E-state index contributed by atoms with van der Waals surface area (Å²) in [5, 5.41) is 3.19. The number of halogens is 4. The summed E-state index contributed by atoms with van der Waals surface area (Å²) in [5.41, 5.74) is 1.22. The summed E-state index contributed by atoms with van der Waals surface area (Å²) in [7, 11) is 9.10. The number of aromatic nitrogens is 2.